The number of carboxylic acid groups (broad SMARTS) is 1. The molecule has 0 aliphatic heterocycles. The monoisotopic (exact) mass is 386 g/mol. The van der Waals surface area contributed by atoms with E-state index in [1.54, 1.807) is 0 Å². The SMILES string of the molecule is Cc1ccc(CCCCCCC(C)(C)C)c(CCCCCC2(C(=O)O)CC2)c1. The molecule has 1 fully saturated rings. The second kappa shape index (κ2) is 10.5. The van der Waals surface area contributed by atoms with E-state index in [0.717, 1.165) is 38.5 Å². The topological polar surface area (TPSA) is 37.3 Å². The first-order valence-electron chi connectivity index (χ1n) is 11.5. The van der Waals surface area contributed by atoms with E-state index in [4.69, 9.17) is 0 Å². The summed E-state index contributed by atoms with van der Waals surface area (Å²) in [6.07, 6.45) is 15.0. The Labute approximate surface area is 173 Å². The lowest BCUT2D eigenvalue weighted by molar-refractivity contribution is -0.143. The maximum atomic E-state index is 11.3. The van der Waals surface area contributed by atoms with Gasteiger partial charge in [-0.05, 0) is 74.8 Å². The van der Waals surface area contributed by atoms with Gasteiger partial charge in [0.05, 0.1) is 5.41 Å². The summed E-state index contributed by atoms with van der Waals surface area (Å²) >= 11 is 0. The minimum Gasteiger partial charge on any atom is -0.481 e. The Morgan fingerprint density at radius 2 is 1.54 bits per heavy atom. The lowest BCUT2D eigenvalue weighted by atomic mass is 9.89. The second-order valence-corrected chi connectivity index (χ2v) is 10.4. The first kappa shape index (κ1) is 23.0. The highest BCUT2D eigenvalue weighted by atomic mass is 16.4. The van der Waals surface area contributed by atoms with E-state index >= 15 is 0 Å². The molecule has 0 atom stereocenters. The smallest absolute Gasteiger partial charge is 0.309 e. The zero-order valence-corrected chi connectivity index (χ0v) is 18.8. The number of rotatable bonds is 13. The molecular formula is C26H42O2. The van der Waals surface area contributed by atoms with Gasteiger partial charge in [-0.2, -0.15) is 0 Å². The van der Waals surface area contributed by atoms with Crippen LogP contribution >= 0.6 is 0 Å². The van der Waals surface area contributed by atoms with Crippen molar-refractivity contribution in [2.24, 2.45) is 10.8 Å². The van der Waals surface area contributed by atoms with Crippen LogP contribution in [0, 0.1) is 17.8 Å². The van der Waals surface area contributed by atoms with Gasteiger partial charge in [0.15, 0.2) is 0 Å². The molecule has 158 valence electrons. The molecule has 0 bridgehead atoms. The molecule has 0 unspecified atom stereocenters. The van der Waals surface area contributed by atoms with Crippen LogP contribution in [-0.4, -0.2) is 11.1 Å². The van der Waals surface area contributed by atoms with Crippen LogP contribution in [-0.2, 0) is 17.6 Å². The van der Waals surface area contributed by atoms with Crippen molar-refractivity contribution >= 4 is 5.97 Å². The zero-order chi connectivity index (χ0) is 20.6. The predicted octanol–water partition coefficient (Wildman–Crippen LogP) is 7.50. The summed E-state index contributed by atoms with van der Waals surface area (Å²) in [4.78, 5) is 11.3. The molecule has 1 N–H and O–H groups in total. The van der Waals surface area contributed by atoms with Gasteiger partial charge >= 0.3 is 5.97 Å². The Bertz CT molecular complexity index is 620. The van der Waals surface area contributed by atoms with Gasteiger partial charge in [0.25, 0.3) is 0 Å². The molecule has 2 nitrogen and oxygen atoms in total. The highest BCUT2D eigenvalue weighted by Crippen LogP contribution is 2.50. The Morgan fingerprint density at radius 3 is 2.14 bits per heavy atom. The first-order valence-corrected chi connectivity index (χ1v) is 11.5. The van der Waals surface area contributed by atoms with Crippen molar-refractivity contribution in [1.29, 1.82) is 0 Å². The van der Waals surface area contributed by atoms with E-state index in [1.165, 1.54) is 61.6 Å². The van der Waals surface area contributed by atoms with Crippen LogP contribution in [0.25, 0.3) is 0 Å². The van der Waals surface area contributed by atoms with Crippen molar-refractivity contribution < 1.29 is 9.90 Å². The van der Waals surface area contributed by atoms with Crippen LogP contribution < -0.4 is 0 Å². The van der Waals surface area contributed by atoms with E-state index < -0.39 is 5.97 Å². The summed E-state index contributed by atoms with van der Waals surface area (Å²) in [6, 6.07) is 6.96. The zero-order valence-electron chi connectivity index (χ0n) is 18.8. The quantitative estimate of drug-likeness (QED) is 0.356. The summed E-state index contributed by atoms with van der Waals surface area (Å²) in [5.41, 5.74) is 4.53. The number of unbranched alkanes of at least 4 members (excludes halogenated alkanes) is 5. The fourth-order valence-electron chi connectivity index (χ4n) is 4.23. The van der Waals surface area contributed by atoms with Gasteiger partial charge in [-0.15, -0.1) is 0 Å². The van der Waals surface area contributed by atoms with Gasteiger partial charge < -0.3 is 5.11 Å². The third kappa shape index (κ3) is 7.97. The third-order valence-electron chi connectivity index (χ3n) is 6.39. The van der Waals surface area contributed by atoms with Crippen LogP contribution in [0.2, 0.25) is 0 Å². The Balaban J connectivity index is 1.68. The number of aryl methyl sites for hydroxylation is 3. The molecule has 0 saturated heterocycles. The molecule has 1 aliphatic carbocycles. The second-order valence-electron chi connectivity index (χ2n) is 10.4. The molecule has 0 radical (unpaired) electrons. The fraction of sp³-hybridized carbons (Fsp3) is 0.731. The number of aliphatic carboxylic acids is 1. The lowest BCUT2D eigenvalue weighted by Gasteiger charge is -2.17. The van der Waals surface area contributed by atoms with Gasteiger partial charge in [-0.1, -0.05) is 76.6 Å². The predicted molar refractivity (Wildman–Crippen MR) is 119 cm³/mol. The fourth-order valence-corrected chi connectivity index (χ4v) is 4.23. The van der Waals surface area contributed by atoms with Crippen molar-refractivity contribution in [3.63, 3.8) is 0 Å². The molecule has 0 heterocycles. The van der Waals surface area contributed by atoms with Crippen LogP contribution in [0.15, 0.2) is 18.2 Å². The van der Waals surface area contributed by atoms with Crippen LogP contribution in [0.4, 0.5) is 0 Å². The first-order chi connectivity index (χ1) is 13.2. The summed E-state index contributed by atoms with van der Waals surface area (Å²) in [5.74, 6) is -0.573. The van der Waals surface area contributed by atoms with Crippen LogP contribution in [0.5, 0.6) is 0 Å². The number of benzene rings is 1. The molecule has 2 heteroatoms. The minimum absolute atomic E-state index is 0.346. The average molecular weight is 387 g/mol. The van der Waals surface area contributed by atoms with Gasteiger partial charge in [-0.25, -0.2) is 0 Å². The standard InChI is InChI=1S/C26H42O2/c1-21-14-15-22(12-8-5-6-10-16-25(2,3)4)23(20-21)13-9-7-11-17-26(18-19-26)24(27)28/h14-15,20H,5-13,16-19H2,1-4H3,(H,27,28). The van der Waals surface area contributed by atoms with Crippen molar-refractivity contribution in [3.05, 3.63) is 34.9 Å². The van der Waals surface area contributed by atoms with Gasteiger partial charge in [0, 0.05) is 0 Å². The lowest BCUT2D eigenvalue weighted by Crippen LogP contribution is -2.14. The molecule has 1 aromatic rings. The Kier molecular flexibility index (Phi) is 8.58. The number of hydrogen-bond donors (Lipinski definition) is 1. The van der Waals surface area contributed by atoms with Crippen molar-refractivity contribution in [2.45, 2.75) is 111 Å². The molecule has 1 saturated carbocycles. The average Bonchev–Trinajstić information content (AvgIpc) is 3.39. The molecule has 2 rings (SSSR count). The van der Waals surface area contributed by atoms with Gasteiger partial charge in [0.2, 0.25) is 0 Å². The minimum atomic E-state index is -0.573. The van der Waals surface area contributed by atoms with E-state index in [-0.39, 0.29) is 5.41 Å². The molecule has 0 spiro atoms. The maximum Gasteiger partial charge on any atom is 0.309 e. The summed E-state index contributed by atoms with van der Waals surface area (Å²) in [6.45, 7) is 9.18. The molecule has 0 amide bonds. The van der Waals surface area contributed by atoms with E-state index in [1.807, 2.05) is 0 Å². The molecular weight excluding hydrogens is 344 g/mol. The van der Waals surface area contributed by atoms with E-state index in [9.17, 15) is 9.90 Å². The van der Waals surface area contributed by atoms with Crippen molar-refractivity contribution in [3.8, 4) is 0 Å². The van der Waals surface area contributed by atoms with Crippen LogP contribution in [0.3, 0.4) is 0 Å². The summed E-state index contributed by atoms with van der Waals surface area (Å²) in [5, 5.41) is 9.28. The van der Waals surface area contributed by atoms with Gasteiger partial charge in [0.1, 0.15) is 0 Å². The van der Waals surface area contributed by atoms with Gasteiger partial charge in [-0.3, -0.25) is 4.79 Å². The summed E-state index contributed by atoms with van der Waals surface area (Å²) in [7, 11) is 0. The summed E-state index contributed by atoms with van der Waals surface area (Å²) < 4.78 is 0. The van der Waals surface area contributed by atoms with Crippen LogP contribution in [0.1, 0.15) is 108 Å². The molecule has 1 aromatic carbocycles. The Morgan fingerprint density at radius 1 is 0.929 bits per heavy atom. The highest BCUT2D eigenvalue weighted by Gasteiger charge is 2.49. The molecule has 0 aromatic heterocycles. The number of carbonyl (C=O) groups is 1. The van der Waals surface area contributed by atoms with Crippen molar-refractivity contribution in [1.82, 2.24) is 0 Å². The highest BCUT2D eigenvalue weighted by molar-refractivity contribution is 5.77. The third-order valence-corrected chi connectivity index (χ3v) is 6.39. The van der Waals surface area contributed by atoms with E-state index in [0.29, 0.717) is 5.41 Å². The Hall–Kier alpha value is -1.31. The normalized spacial score (nSPS) is 15.6. The molecule has 28 heavy (non-hydrogen) atoms. The number of hydrogen-bond acceptors (Lipinski definition) is 1. The largest absolute Gasteiger partial charge is 0.481 e. The van der Waals surface area contributed by atoms with E-state index in [2.05, 4.69) is 45.9 Å². The molecule has 1 aliphatic rings. The number of carboxylic acids is 1. The van der Waals surface area contributed by atoms with Crippen molar-refractivity contribution in [2.75, 3.05) is 0 Å². The maximum absolute atomic E-state index is 11.3.